The molecule has 0 spiro atoms. The van der Waals surface area contributed by atoms with E-state index in [-0.39, 0.29) is 12.0 Å². The second kappa shape index (κ2) is 13.7. The Morgan fingerprint density at radius 3 is 2.45 bits per heavy atom. The molecule has 2 aliphatic rings. The number of nitrogens with zero attached hydrogens (tertiary/aromatic N) is 5. The van der Waals surface area contributed by atoms with Crippen molar-refractivity contribution < 1.29 is 19.4 Å². The molecular weight excluding hydrogens is 664 g/mol. The van der Waals surface area contributed by atoms with Gasteiger partial charge in [-0.2, -0.15) is 0 Å². The van der Waals surface area contributed by atoms with Gasteiger partial charge in [0.15, 0.2) is 11.4 Å². The van der Waals surface area contributed by atoms with Gasteiger partial charge < -0.3 is 19.9 Å². The number of aliphatic carboxylic acids is 1. The van der Waals surface area contributed by atoms with Gasteiger partial charge in [0.05, 0.1) is 17.0 Å². The molecule has 2 fully saturated rings. The average Bonchev–Trinajstić information content (AvgIpc) is 3.86. The normalized spacial score (nSPS) is 18.3. The Bertz CT molecular complexity index is 2290. The monoisotopic (exact) mass is 702 g/mol. The molecule has 0 bridgehead atoms. The number of aliphatic hydroxyl groups excluding tert-OH is 1. The molecule has 6 aromatic rings. The molecule has 260 valence electrons. The fourth-order valence-corrected chi connectivity index (χ4v) is 7.81. The van der Waals surface area contributed by atoms with Gasteiger partial charge in [0, 0.05) is 61.8 Å². The SMILES string of the molecule is Cc1c(Nc2nccc3cc(CN4CCC(O)C4)cnc23)cccc1-c1cccc(-c2nc3cc(CN4CCC(C(=O)O)C4)cc(Cl)c3o2)c1C. The number of hydrogen-bond acceptors (Lipinski definition) is 9. The first-order valence-electron chi connectivity index (χ1n) is 17.4. The summed E-state index contributed by atoms with van der Waals surface area (Å²) in [6.07, 6.45) is 4.92. The van der Waals surface area contributed by atoms with E-state index in [1.165, 1.54) is 0 Å². The zero-order chi connectivity index (χ0) is 35.2. The van der Waals surface area contributed by atoms with Crippen molar-refractivity contribution in [3.05, 3.63) is 100 Å². The van der Waals surface area contributed by atoms with Crippen LogP contribution in [0, 0.1) is 19.8 Å². The maximum absolute atomic E-state index is 11.4. The minimum atomic E-state index is -0.743. The number of pyridine rings is 2. The van der Waals surface area contributed by atoms with Gasteiger partial charge in [0.25, 0.3) is 0 Å². The van der Waals surface area contributed by atoms with E-state index in [9.17, 15) is 15.0 Å². The van der Waals surface area contributed by atoms with Crippen LogP contribution in [0.4, 0.5) is 11.5 Å². The highest BCUT2D eigenvalue weighted by molar-refractivity contribution is 6.34. The molecule has 51 heavy (non-hydrogen) atoms. The molecule has 10 nitrogen and oxygen atoms in total. The number of rotatable bonds is 9. The number of aromatic nitrogens is 3. The predicted octanol–water partition coefficient (Wildman–Crippen LogP) is 7.59. The van der Waals surface area contributed by atoms with E-state index in [0.717, 1.165) is 81.6 Å². The third-order valence-electron chi connectivity index (χ3n) is 10.3. The number of hydrogen-bond donors (Lipinski definition) is 3. The van der Waals surface area contributed by atoms with Crippen LogP contribution in [0.1, 0.15) is 35.1 Å². The summed E-state index contributed by atoms with van der Waals surface area (Å²) in [7, 11) is 0. The van der Waals surface area contributed by atoms with E-state index < -0.39 is 5.97 Å². The van der Waals surface area contributed by atoms with Crippen LogP contribution in [0.2, 0.25) is 5.02 Å². The second-order valence-electron chi connectivity index (χ2n) is 13.8. The minimum absolute atomic E-state index is 0.248. The molecule has 5 heterocycles. The smallest absolute Gasteiger partial charge is 0.307 e. The highest BCUT2D eigenvalue weighted by Crippen LogP contribution is 2.38. The standard InChI is InChI=1S/C40H39ClN6O4/c1-23-30(5-3-7-32(23)39-45-35-17-25(16-33(41)37(35)51-39)19-46-13-10-28(21-46)40(49)50)31-6-4-8-34(24(31)2)44-38-36-27(9-12-42-38)15-26(18-43-36)20-47-14-11-29(48)22-47/h3-9,12,15-18,28-29,48H,10-11,13-14,19-22H2,1-2H3,(H,42,44)(H,49,50). The highest BCUT2D eigenvalue weighted by atomic mass is 35.5. The molecule has 0 radical (unpaired) electrons. The molecule has 2 atom stereocenters. The Morgan fingerprint density at radius 2 is 1.67 bits per heavy atom. The molecule has 3 aromatic heterocycles. The van der Waals surface area contributed by atoms with Gasteiger partial charge in [-0.1, -0.05) is 35.9 Å². The average molecular weight is 703 g/mol. The molecule has 3 N–H and O–H groups in total. The van der Waals surface area contributed by atoms with Gasteiger partial charge >= 0.3 is 5.97 Å². The Balaban J connectivity index is 1.05. The zero-order valence-corrected chi connectivity index (χ0v) is 29.3. The van der Waals surface area contributed by atoms with Crippen LogP contribution in [0.3, 0.4) is 0 Å². The van der Waals surface area contributed by atoms with Crippen molar-refractivity contribution in [1.29, 1.82) is 0 Å². The maximum Gasteiger partial charge on any atom is 0.307 e. The summed E-state index contributed by atoms with van der Waals surface area (Å²) in [5.74, 6) is 0.109. The summed E-state index contributed by atoms with van der Waals surface area (Å²) < 4.78 is 6.28. The van der Waals surface area contributed by atoms with Crippen molar-refractivity contribution in [2.24, 2.45) is 5.92 Å². The Morgan fingerprint density at radius 1 is 0.922 bits per heavy atom. The summed E-state index contributed by atoms with van der Waals surface area (Å²) in [6, 6.07) is 20.4. The van der Waals surface area contributed by atoms with Crippen molar-refractivity contribution >= 4 is 51.1 Å². The first kappa shape index (κ1) is 33.3. The van der Waals surface area contributed by atoms with Crippen molar-refractivity contribution in [3.63, 3.8) is 0 Å². The van der Waals surface area contributed by atoms with E-state index >= 15 is 0 Å². The van der Waals surface area contributed by atoms with Crippen LogP contribution in [0.15, 0.2) is 77.5 Å². The van der Waals surface area contributed by atoms with Crippen LogP contribution < -0.4 is 5.32 Å². The van der Waals surface area contributed by atoms with Gasteiger partial charge in [0.1, 0.15) is 11.0 Å². The zero-order valence-electron chi connectivity index (χ0n) is 28.6. The maximum atomic E-state index is 11.4. The molecule has 0 saturated carbocycles. The third-order valence-corrected chi connectivity index (χ3v) is 10.6. The van der Waals surface area contributed by atoms with E-state index in [1.54, 1.807) is 6.20 Å². The Labute approximate surface area is 300 Å². The number of β-amino-alcohol motifs (C(OH)–C–C–N with tert-alkyl or cyclic N) is 1. The third kappa shape index (κ3) is 6.68. The lowest BCUT2D eigenvalue weighted by Gasteiger charge is -2.17. The van der Waals surface area contributed by atoms with Crippen molar-refractivity contribution in [3.8, 4) is 22.6 Å². The molecule has 2 unspecified atom stereocenters. The van der Waals surface area contributed by atoms with Gasteiger partial charge in [0.2, 0.25) is 5.89 Å². The Hall–Kier alpha value is -4.87. The number of likely N-dealkylation sites (tertiary alicyclic amines) is 2. The largest absolute Gasteiger partial charge is 0.481 e. The molecule has 3 aromatic carbocycles. The molecule has 8 rings (SSSR count). The van der Waals surface area contributed by atoms with Crippen LogP contribution >= 0.6 is 11.6 Å². The van der Waals surface area contributed by atoms with E-state index in [0.29, 0.717) is 53.9 Å². The lowest BCUT2D eigenvalue weighted by molar-refractivity contribution is -0.141. The number of carboxylic acid groups (broad SMARTS) is 1. The first-order valence-corrected chi connectivity index (χ1v) is 17.7. The number of anilines is 2. The van der Waals surface area contributed by atoms with Crippen molar-refractivity contribution in [1.82, 2.24) is 24.8 Å². The molecule has 0 amide bonds. The number of benzene rings is 3. The Kier molecular flexibility index (Phi) is 8.93. The molecule has 0 aliphatic carbocycles. The molecule has 11 heteroatoms. The van der Waals surface area contributed by atoms with Gasteiger partial charge in [-0.25, -0.2) is 9.97 Å². The number of carboxylic acids is 1. The lowest BCUT2D eigenvalue weighted by atomic mass is 9.93. The summed E-state index contributed by atoms with van der Waals surface area (Å²) in [6.45, 7) is 8.40. The van der Waals surface area contributed by atoms with Crippen LogP contribution in [0.5, 0.6) is 0 Å². The highest BCUT2D eigenvalue weighted by Gasteiger charge is 2.28. The second-order valence-corrected chi connectivity index (χ2v) is 14.2. The van der Waals surface area contributed by atoms with Gasteiger partial charge in [-0.15, -0.1) is 0 Å². The predicted molar refractivity (Wildman–Crippen MR) is 199 cm³/mol. The van der Waals surface area contributed by atoms with Crippen LogP contribution in [-0.4, -0.2) is 73.2 Å². The minimum Gasteiger partial charge on any atom is -0.481 e. The van der Waals surface area contributed by atoms with E-state index in [4.69, 9.17) is 26.0 Å². The number of halogens is 1. The topological polar surface area (TPSA) is 128 Å². The van der Waals surface area contributed by atoms with Gasteiger partial charge in [-0.3, -0.25) is 19.6 Å². The molecular formula is C40H39ClN6O4. The van der Waals surface area contributed by atoms with Crippen molar-refractivity contribution in [2.75, 3.05) is 31.5 Å². The van der Waals surface area contributed by atoms with E-state index in [1.807, 2.05) is 42.6 Å². The summed E-state index contributed by atoms with van der Waals surface area (Å²) >= 11 is 6.71. The molecule has 2 aliphatic heterocycles. The summed E-state index contributed by atoms with van der Waals surface area (Å²) in [5, 5.41) is 24.4. The number of nitrogens with one attached hydrogen (secondary N) is 1. The van der Waals surface area contributed by atoms with Crippen LogP contribution in [-0.2, 0) is 17.9 Å². The first-order chi connectivity index (χ1) is 24.7. The van der Waals surface area contributed by atoms with Gasteiger partial charge in [-0.05, 0) is 103 Å². The number of carbonyl (C=O) groups is 1. The molecule has 2 saturated heterocycles. The quantitative estimate of drug-likeness (QED) is 0.139. The fourth-order valence-electron chi connectivity index (χ4n) is 7.54. The number of fused-ring (bicyclic) bond motifs is 2. The van der Waals surface area contributed by atoms with Crippen LogP contribution in [0.25, 0.3) is 44.6 Å². The lowest BCUT2D eigenvalue weighted by Crippen LogP contribution is -2.22. The van der Waals surface area contributed by atoms with Crippen molar-refractivity contribution in [2.45, 2.75) is 45.9 Å². The fraction of sp³-hybridized carbons (Fsp3) is 0.300. The number of aliphatic hydroxyl groups is 1. The number of oxazole rings is 1. The summed E-state index contributed by atoms with van der Waals surface area (Å²) in [4.78, 5) is 30.2. The summed E-state index contributed by atoms with van der Waals surface area (Å²) in [5.41, 5.74) is 10.1. The van der Waals surface area contributed by atoms with E-state index in [2.05, 4.69) is 58.2 Å².